The monoisotopic (exact) mass is 281 g/mol. The summed E-state index contributed by atoms with van der Waals surface area (Å²) < 4.78 is 23.9. The number of benzene rings is 1. The number of ether oxygens (including phenoxy) is 2. The van der Waals surface area contributed by atoms with Gasteiger partial charge in [0.05, 0.1) is 19.3 Å². The Balaban J connectivity index is 2.30. The van der Waals surface area contributed by atoms with Crippen LogP contribution in [0.4, 0.5) is 10.1 Å². The van der Waals surface area contributed by atoms with Gasteiger partial charge in [-0.3, -0.25) is 0 Å². The van der Waals surface area contributed by atoms with E-state index in [-0.39, 0.29) is 11.8 Å². The topological polar surface area (TPSA) is 47.6 Å². The molecule has 1 aliphatic rings. The molecule has 0 amide bonds. The summed E-state index contributed by atoms with van der Waals surface area (Å²) in [6.07, 6.45) is 0.947. The summed E-state index contributed by atoms with van der Waals surface area (Å²) >= 11 is 0. The molecule has 0 radical (unpaired) electrons. The van der Waals surface area contributed by atoms with E-state index < -0.39 is 11.1 Å². The molecule has 20 heavy (non-hydrogen) atoms. The van der Waals surface area contributed by atoms with Crippen molar-refractivity contribution in [3.05, 3.63) is 30.1 Å². The quantitative estimate of drug-likeness (QED) is 0.865. The molecule has 0 aliphatic carbocycles. The summed E-state index contributed by atoms with van der Waals surface area (Å²) in [5.74, 6) is -0.695. The molecule has 1 heterocycles. The summed E-state index contributed by atoms with van der Waals surface area (Å²) in [5, 5.41) is 3.15. The Morgan fingerprint density at radius 1 is 1.45 bits per heavy atom. The zero-order chi connectivity index (χ0) is 14.8. The molecule has 1 fully saturated rings. The van der Waals surface area contributed by atoms with Crippen molar-refractivity contribution in [2.45, 2.75) is 37.8 Å². The average Bonchev–Trinajstić information content (AvgIpc) is 2.36. The minimum atomic E-state index is -0.885. The molecule has 1 atom stereocenters. The van der Waals surface area contributed by atoms with Crippen molar-refractivity contribution in [1.29, 1.82) is 0 Å². The van der Waals surface area contributed by atoms with Crippen molar-refractivity contribution >= 4 is 11.7 Å². The van der Waals surface area contributed by atoms with E-state index in [0.717, 1.165) is 0 Å². The van der Waals surface area contributed by atoms with E-state index in [1.54, 1.807) is 12.1 Å². The van der Waals surface area contributed by atoms with Crippen LogP contribution < -0.4 is 5.32 Å². The van der Waals surface area contributed by atoms with Crippen LogP contribution >= 0.6 is 0 Å². The highest BCUT2D eigenvalue weighted by Gasteiger charge is 2.47. The maximum atomic E-state index is 13.3. The van der Waals surface area contributed by atoms with Crippen LogP contribution in [0, 0.1) is 5.82 Å². The summed E-state index contributed by atoms with van der Waals surface area (Å²) in [7, 11) is 1.36. The maximum absolute atomic E-state index is 13.3. The lowest BCUT2D eigenvalue weighted by Crippen LogP contribution is -2.56. The number of anilines is 1. The standard InChI is InChI=1S/C15H20FNO3/c1-14(2)10-15(7-8-20-14,13(18)19-3)17-12-6-4-5-11(16)9-12/h4-6,9,17H,7-8,10H2,1-3H3. The minimum Gasteiger partial charge on any atom is -0.467 e. The Hall–Kier alpha value is -1.62. The van der Waals surface area contributed by atoms with E-state index in [0.29, 0.717) is 25.1 Å². The van der Waals surface area contributed by atoms with Crippen LogP contribution in [0.5, 0.6) is 0 Å². The largest absolute Gasteiger partial charge is 0.467 e. The van der Waals surface area contributed by atoms with Gasteiger partial charge in [-0.05, 0) is 32.0 Å². The molecule has 1 aromatic carbocycles. The van der Waals surface area contributed by atoms with E-state index in [1.807, 2.05) is 13.8 Å². The maximum Gasteiger partial charge on any atom is 0.331 e. The lowest BCUT2D eigenvalue weighted by Gasteiger charge is -2.43. The number of hydrogen-bond donors (Lipinski definition) is 1. The van der Waals surface area contributed by atoms with Gasteiger partial charge < -0.3 is 14.8 Å². The predicted molar refractivity (Wildman–Crippen MR) is 74.0 cm³/mol. The summed E-state index contributed by atoms with van der Waals surface area (Å²) in [4.78, 5) is 12.2. The molecule has 4 nitrogen and oxygen atoms in total. The minimum absolute atomic E-state index is 0.346. The zero-order valence-corrected chi connectivity index (χ0v) is 12.0. The SMILES string of the molecule is COC(=O)C1(Nc2cccc(F)c2)CCOC(C)(C)C1. The number of halogens is 1. The third-order valence-electron chi connectivity index (χ3n) is 3.53. The lowest BCUT2D eigenvalue weighted by molar-refractivity contribution is -0.156. The molecule has 1 N–H and O–H groups in total. The third kappa shape index (κ3) is 3.10. The van der Waals surface area contributed by atoms with Gasteiger partial charge in [0.25, 0.3) is 0 Å². The first-order valence-electron chi connectivity index (χ1n) is 6.63. The predicted octanol–water partition coefficient (Wildman–Crippen LogP) is 2.74. The van der Waals surface area contributed by atoms with Gasteiger partial charge in [-0.25, -0.2) is 9.18 Å². The second kappa shape index (κ2) is 5.40. The molecule has 110 valence electrons. The van der Waals surface area contributed by atoms with Crippen LogP contribution in [0.15, 0.2) is 24.3 Å². The Morgan fingerprint density at radius 3 is 2.80 bits per heavy atom. The Labute approximate surface area is 118 Å². The van der Waals surface area contributed by atoms with Gasteiger partial charge in [-0.2, -0.15) is 0 Å². The van der Waals surface area contributed by atoms with Gasteiger partial charge in [-0.15, -0.1) is 0 Å². The molecule has 0 saturated carbocycles. The van der Waals surface area contributed by atoms with E-state index >= 15 is 0 Å². The van der Waals surface area contributed by atoms with Gasteiger partial charge in [0, 0.05) is 18.5 Å². The van der Waals surface area contributed by atoms with Crippen LogP contribution in [0.1, 0.15) is 26.7 Å². The van der Waals surface area contributed by atoms with Crippen LogP contribution in [0.3, 0.4) is 0 Å². The van der Waals surface area contributed by atoms with E-state index in [1.165, 1.54) is 19.2 Å². The fourth-order valence-corrected chi connectivity index (χ4v) is 2.74. The first-order chi connectivity index (χ1) is 9.37. The van der Waals surface area contributed by atoms with Crippen molar-refractivity contribution in [3.63, 3.8) is 0 Å². The van der Waals surface area contributed by atoms with E-state index in [2.05, 4.69) is 5.32 Å². The zero-order valence-electron chi connectivity index (χ0n) is 12.0. The Morgan fingerprint density at radius 2 is 2.20 bits per heavy atom. The van der Waals surface area contributed by atoms with Crippen LogP contribution in [-0.2, 0) is 14.3 Å². The summed E-state index contributed by atoms with van der Waals surface area (Å²) in [6.45, 7) is 4.30. The fraction of sp³-hybridized carbons (Fsp3) is 0.533. The molecule has 5 heteroatoms. The molecule has 0 bridgehead atoms. The third-order valence-corrected chi connectivity index (χ3v) is 3.53. The van der Waals surface area contributed by atoms with Crippen molar-refractivity contribution in [3.8, 4) is 0 Å². The van der Waals surface area contributed by atoms with Gasteiger partial charge in [-0.1, -0.05) is 6.07 Å². The Bertz CT molecular complexity index is 504. The van der Waals surface area contributed by atoms with Crippen LogP contribution in [-0.4, -0.2) is 30.8 Å². The summed E-state index contributed by atoms with van der Waals surface area (Å²) in [6, 6.07) is 6.07. The number of methoxy groups -OCH3 is 1. The Kier molecular flexibility index (Phi) is 3.99. The molecule has 0 aromatic heterocycles. The van der Waals surface area contributed by atoms with Crippen LogP contribution in [0.2, 0.25) is 0 Å². The molecule has 0 spiro atoms. The number of hydrogen-bond acceptors (Lipinski definition) is 4. The smallest absolute Gasteiger partial charge is 0.331 e. The molecule has 1 saturated heterocycles. The number of carbonyl (C=O) groups is 1. The lowest BCUT2D eigenvalue weighted by atomic mass is 9.81. The molecule has 1 unspecified atom stereocenters. The number of carbonyl (C=O) groups excluding carboxylic acids is 1. The van der Waals surface area contributed by atoms with E-state index in [4.69, 9.17) is 9.47 Å². The van der Waals surface area contributed by atoms with Gasteiger partial charge >= 0.3 is 5.97 Å². The second-order valence-electron chi connectivity index (χ2n) is 5.74. The second-order valence-corrected chi connectivity index (χ2v) is 5.74. The first kappa shape index (κ1) is 14.8. The first-order valence-corrected chi connectivity index (χ1v) is 6.63. The van der Waals surface area contributed by atoms with Crippen molar-refractivity contribution in [1.82, 2.24) is 0 Å². The van der Waals surface area contributed by atoms with Gasteiger partial charge in [0.2, 0.25) is 0 Å². The fourth-order valence-electron chi connectivity index (χ4n) is 2.74. The van der Waals surface area contributed by atoms with Crippen LogP contribution in [0.25, 0.3) is 0 Å². The van der Waals surface area contributed by atoms with Crippen molar-refractivity contribution < 1.29 is 18.7 Å². The molecular weight excluding hydrogens is 261 g/mol. The molecule has 1 aliphatic heterocycles. The molecule has 2 rings (SSSR count). The normalized spacial score (nSPS) is 25.0. The average molecular weight is 281 g/mol. The van der Waals surface area contributed by atoms with Gasteiger partial charge in [0.1, 0.15) is 11.4 Å². The van der Waals surface area contributed by atoms with Crippen molar-refractivity contribution in [2.24, 2.45) is 0 Å². The number of nitrogens with one attached hydrogen (secondary N) is 1. The van der Waals surface area contributed by atoms with E-state index in [9.17, 15) is 9.18 Å². The highest BCUT2D eigenvalue weighted by molar-refractivity contribution is 5.84. The highest BCUT2D eigenvalue weighted by Crippen LogP contribution is 2.35. The molecular formula is C15H20FNO3. The number of rotatable bonds is 3. The molecule has 1 aromatic rings. The van der Waals surface area contributed by atoms with Crippen molar-refractivity contribution in [2.75, 3.05) is 19.0 Å². The highest BCUT2D eigenvalue weighted by atomic mass is 19.1. The van der Waals surface area contributed by atoms with Gasteiger partial charge in [0.15, 0.2) is 0 Å². The number of esters is 1. The summed E-state index contributed by atoms with van der Waals surface area (Å²) in [5.41, 5.74) is -0.759.